The van der Waals surface area contributed by atoms with Crippen LogP contribution in [0.2, 0.25) is 0 Å². The molecular weight excluding hydrogens is 316 g/mol. The van der Waals surface area contributed by atoms with E-state index in [4.69, 9.17) is 0 Å². The van der Waals surface area contributed by atoms with Crippen LogP contribution in [-0.4, -0.2) is 24.2 Å². The van der Waals surface area contributed by atoms with Gasteiger partial charge in [-0.25, -0.2) is 10.9 Å². The van der Waals surface area contributed by atoms with Crippen LogP contribution in [-0.2, 0) is 9.59 Å². The van der Waals surface area contributed by atoms with Crippen molar-refractivity contribution >= 4 is 24.2 Å². The number of rotatable bonds is 6. The standard InChI is InChI=1S/C19H20N4O2/c1-14-3-7-16(8-4-14)12-20-22-18(24)11-19(25)23-21-13-17-9-5-15(2)6-10-17/h3-10,12-13H,11H2,1-2H3,(H,22,24)(H,23,25). The zero-order valence-electron chi connectivity index (χ0n) is 14.2. The third-order valence-electron chi connectivity index (χ3n) is 3.28. The van der Waals surface area contributed by atoms with Gasteiger partial charge in [-0.3, -0.25) is 9.59 Å². The highest BCUT2D eigenvalue weighted by Gasteiger charge is 2.07. The molecule has 0 aromatic heterocycles. The molecule has 25 heavy (non-hydrogen) atoms. The number of aryl methyl sites for hydroxylation is 2. The van der Waals surface area contributed by atoms with Crippen LogP contribution in [0.15, 0.2) is 58.7 Å². The fourth-order valence-corrected chi connectivity index (χ4v) is 1.89. The van der Waals surface area contributed by atoms with E-state index < -0.39 is 11.8 Å². The highest BCUT2D eigenvalue weighted by molar-refractivity contribution is 5.97. The van der Waals surface area contributed by atoms with Gasteiger partial charge in [0, 0.05) is 0 Å². The molecule has 2 aromatic carbocycles. The molecule has 2 N–H and O–H groups in total. The van der Waals surface area contributed by atoms with Crippen LogP contribution in [0.4, 0.5) is 0 Å². The molecule has 0 atom stereocenters. The van der Waals surface area contributed by atoms with E-state index in [0.29, 0.717) is 0 Å². The van der Waals surface area contributed by atoms with Crippen LogP contribution >= 0.6 is 0 Å². The first-order chi connectivity index (χ1) is 12.0. The van der Waals surface area contributed by atoms with Gasteiger partial charge in [0.1, 0.15) is 6.42 Å². The number of amides is 2. The fourth-order valence-electron chi connectivity index (χ4n) is 1.89. The Balaban J connectivity index is 1.73. The second-order valence-corrected chi connectivity index (χ2v) is 5.58. The van der Waals surface area contributed by atoms with Crippen LogP contribution in [0, 0.1) is 13.8 Å². The summed E-state index contributed by atoms with van der Waals surface area (Å²) in [5, 5.41) is 7.63. The molecule has 2 rings (SSSR count). The minimum Gasteiger partial charge on any atom is -0.273 e. The second kappa shape index (κ2) is 9.12. The molecular formula is C19H20N4O2. The van der Waals surface area contributed by atoms with Crippen molar-refractivity contribution in [3.05, 3.63) is 70.8 Å². The lowest BCUT2D eigenvalue weighted by molar-refractivity contribution is -0.129. The van der Waals surface area contributed by atoms with E-state index in [9.17, 15) is 9.59 Å². The molecule has 6 heteroatoms. The molecule has 0 spiro atoms. The number of hydrazone groups is 2. The summed E-state index contributed by atoms with van der Waals surface area (Å²) >= 11 is 0. The summed E-state index contributed by atoms with van der Waals surface area (Å²) in [6, 6.07) is 15.3. The fraction of sp³-hybridized carbons (Fsp3) is 0.158. The van der Waals surface area contributed by atoms with Gasteiger partial charge in [0.05, 0.1) is 12.4 Å². The van der Waals surface area contributed by atoms with Gasteiger partial charge in [-0.15, -0.1) is 0 Å². The van der Waals surface area contributed by atoms with Crippen LogP contribution in [0.1, 0.15) is 28.7 Å². The largest absolute Gasteiger partial charge is 0.273 e. The summed E-state index contributed by atoms with van der Waals surface area (Å²) < 4.78 is 0. The Morgan fingerprint density at radius 2 is 1.12 bits per heavy atom. The van der Waals surface area contributed by atoms with Crippen LogP contribution in [0.3, 0.4) is 0 Å². The van der Waals surface area contributed by atoms with Crippen molar-refractivity contribution < 1.29 is 9.59 Å². The summed E-state index contributed by atoms with van der Waals surface area (Å²) in [6.07, 6.45) is 2.69. The molecule has 0 saturated heterocycles. The van der Waals surface area contributed by atoms with Crippen LogP contribution in [0.25, 0.3) is 0 Å². The zero-order chi connectivity index (χ0) is 18.1. The lowest BCUT2D eigenvalue weighted by Crippen LogP contribution is -2.27. The average Bonchev–Trinajstić information content (AvgIpc) is 2.58. The van der Waals surface area contributed by atoms with E-state index >= 15 is 0 Å². The summed E-state index contributed by atoms with van der Waals surface area (Å²) in [5.41, 5.74) is 8.62. The topological polar surface area (TPSA) is 82.9 Å². The highest BCUT2D eigenvalue weighted by Crippen LogP contribution is 2.00. The smallest absolute Gasteiger partial charge is 0.249 e. The third kappa shape index (κ3) is 6.78. The number of benzene rings is 2. The maximum atomic E-state index is 11.6. The Bertz CT molecular complexity index is 711. The molecule has 0 aliphatic heterocycles. The van der Waals surface area contributed by atoms with Crippen molar-refractivity contribution in [2.75, 3.05) is 0 Å². The van der Waals surface area contributed by atoms with E-state index in [1.807, 2.05) is 62.4 Å². The summed E-state index contributed by atoms with van der Waals surface area (Å²) in [4.78, 5) is 23.3. The summed E-state index contributed by atoms with van der Waals surface area (Å²) in [7, 11) is 0. The molecule has 0 heterocycles. The number of nitrogens with one attached hydrogen (secondary N) is 2. The van der Waals surface area contributed by atoms with E-state index in [2.05, 4.69) is 21.1 Å². The van der Waals surface area contributed by atoms with Crippen molar-refractivity contribution in [1.29, 1.82) is 0 Å². The van der Waals surface area contributed by atoms with Gasteiger partial charge in [0.2, 0.25) is 11.8 Å². The van der Waals surface area contributed by atoms with Crippen molar-refractivity contribution in [3.8, 4) is 0 Å². The van der Waals surface area contributed by atoms with Gasteiger partial charge >= 0.3 is 0 Å². The van der Waals surface area contributed by atoms with Crippen molar-refractivity contribution in [2.24, 2.45) is 10.2 Å². The highest BCUT2D eigenvalue weighted by atomic mass is 16.2. The number of hydrogen-bond donors (Lipinski definition) is 2. The van der Waals surface area contributed by atoms with E-state index in [-0.39, 0.29) is 6.42 Å². The van der Waals surface area contributed by atoms with Crippen LogP contribution in [0.5, 0.6) is 0 Å². The van der Waals surface area contributed by atoms with E-state index in [1.54, 1.807) is 0 Å². The molecule has 0 unspecified atom stereocenters. The van der Waals surface area contributed by atoms with Gasteiger partial charge < -0.3 is 0 Å². The second-order valence-electron chi connectivity index (χ2n) is 5.58. The molecule has 128 valence electrons. The lowest BCUT2D eigenvalue weighted by Gasteiger charge is -2.00. The maximum Gasteiger partial charge on any atom is 0.249 e. The summed E-state index contributed by atoms with van der Waals surface area (Å²) in [6.45, 7) is 3.98. The first-order valence-electron chi connectivity index (χ1n) is 7.80. The Morgan fingerprint density at radius 1 is 0.760 bits per heavy atom. The molecule has 6 nitrogen and oxygen atoms in total. The number of nitrogens with zero attached hydrogens (tertiary/aromatic N) is 2. The Labute approximate surface area is 146 Å². The van der Waals surface area contributed by atoms with Gasteiger partial charge in [-0.1, -0.05) is 59.7 Å². The zero-order valence-corrected chi connectivity index (χ0v) is 14.2. The number of hydrogen-bond acceptors (Lipinski definition) is 4. The van der Waals surface area contributed by atoms with Crippen molar-refractivity contribution in [2.45, 2.75) is 20.3 Å². The lowest BCUT2D eigenvalue weighted by atomic mass is 10.2. The Hall–Kier alpha value is -3.28. The third-order valence-corrected chi connectivity index (χ3v) is 3.28. The Morgan fingerprint density at radius 3 is 1.48 bits per heavy atom. The predicted molar refractivity (Wildman–Crippen MR) is 98.4 cm³/mol. The molecule has 2 aromatic rings. The van der Waals surface area contributed by atoms with Crippen molar-refractivity contribution in [3.63, 3.8) is 0 Å². The quantitative estimate of drug-likeness (QED) is 0.482. The normalized spacial score (nSPS) is 11.0. The first kappa shape index (κ1) is 18.1. The van der Waals surface area contributed by atoms with Gasteiger partial charge in [0.25, 0.3) is 0 Å². The minimum absolute atomic E-state index is 0.351. The molecule has 0 fully saturated rings. The first-order valence-corrected chi connectivity index (χ1v) is 7.80. The molecule has 0 aliphatic rings. The molecule has 0 saturated carbocycles. The molecule has 0 bridgehead atoms. The monoisotopic (exact) mass is 336 g/mol. The molecule has 2 amide bonds. The predicted octanol–water partition coefficient (Wildman–Crippen LogP) is 2.29. The van der Waals surface area contributed by atoms with E-state index in [0.717, 1.165) is 22.3 Å². The Kier molecular flexibility index (Phi) is 6.59. The average molecular weight is 336 g/mol. The molecule has 0 radical (unpaired) electrons. The SMILES string of the molecule is Cc1ccc(C=NNC(=O)CC(=O)NN=Cc2ccc(C)cc2)cc1. The van der Waals surface area contributed by atoms with Gasteiger partial charge in [-0.05, 0) is 25.0 Å². The van der Waals surface area contributed by atoms with Gasteiger partial charge in [-0.2, -0.15) is 10.2 Å². The molecule has 0 aliphatic carbocycles. The van der Waals surface area contributed by atoms with Gasteiger partial charge in [0.15, 0.2) is 0 Å². The number of carbonyl (C=O) groups is 2. The van der Waals surface area contributed by atoms with Crippen molar-refractivity contribution in [1.82, 2.24) is 10.9 Å². The minimum atomic E-state index is -0.508. The van der Waals surface area contributed by atoms with E-state index in [1.165, 1.54) is 12.4 Å². The summed E-state index contributed by atoms with van der Waals surface area (Å²) in [5.74, 6) is -1.02. The van der Waals surface area contributed by atoms with Crippen LogP contribution < -0.4 is 10.9 Å². The maximum absolute atomic E-state index is 11.6. The number of carbonyl (C=O) groups excluding carboxylic acids is 2.